The van der Waals surface area contributed by atoms with Gasteiger partial charge in [0.1, 0.15) is 0 Å². The Hall–Kier alpha value is 0.0451. The summed E-state index contributed by atoms with van der Waals surface area (Å²) in [6, 6.07) is 0. The van der Waals surface area contributed by atoms with Crippen LogP contribution in [0.2, 0.25) is 0 Å². The van der Waals surface area contributed by atoms with E-state index in [9.17, 15) is 9.59 Å². The molecule has 0 spiro atoms. The fourth-order valence-electron chi connectivity index (χ4n) is 7.15. The third-order valence-corrected chi connectivity index (χ3v) is 14.2. The molecule has 132 valence electrons. The van der Waals surface area contributed by atoms with Crippen LogP contribution in [0.5, 0.6) is 0 Å². The van der Waals surface area contributed by atoms with Crippen molar-refractivity contribution in [2.24, 2.45) is 34.5 Å². The van der Waals surface area contributed by atoms with Gasteiger partial charge in [-0.15, -0.1) is 0 Å². The van der Waals surface area contributed by atoms with Gasteiger partial charge in [0.2, 0.25) is 0 Å². The molecule has 0 amide bonds. The maximum atomic E-state index is 12.3. The molecular weight excluding hydrogens is 520 g/mol. The Bertz CT molecular complexity index is 696. The second kappa shape index (κ2) is 6.29. The van der Waals surface area contributed by atoms with E-state index in [4.69, 9.17) is 8.25 Å². The van der Waals surface area contributed by atoms with Crippen LogP contribution in [0, 0.1) is 34.5 Å². The van der Waals surface area contributed by atoms with E-state index in [1.807, 2.05) is 6.08 Å². The van der Waals surface area contributed by atoms with Gasteiger partial charge in [-0.3, -0.25) is 0 Å². The molecule has 0 aliphatic heterocycles. The van der Waals surface area contributed by atoms with Gasteiger partial charge in [-0.25, -0.2) is 0 Å². The van der Waals surface area contributed by atoms with E-state index in [2.05, 4.69) is 19.9 Å². The van der Waals surface area contributed by atoms with Crippen molar-refractivity contribution in [3.05, 3.63) is 20.8 Å². The van der Waals surface area contributed by atoms with E-state index in [1.54, 1.807) is 6.92 Å². The summed E-state index contributed by atoms with van der Waals surface area (Å²) in [5, 5.41) is 0. The summed E-state index contributed by atoms with van der Waals surface area (Å²) in [4.78, 5) is 24.5. The Morgan fingerprint density at radius 1 is 1.20 bits per heavy atom. The molecule has 2 nitrogen and oxygen atoms in total. The summed E-state index contributed by atoms with van der Waals surface area (Å²) in [6.07, 6.45) is 11.1. The molecule has 4 aliphatic carbocycles. The quantitative estimate of drug-likeness (QED) is 0.453. The van der Waals surface area contributed by atoms with Crippen LogP contribution in [0.3, 0.4) is 0 Å². The standard InChI is InChI=1S/C21H27O2.ClH.Hg/c1-13(22)17-6-7-18-16-5-4-14-12-15(23)8-10-20(14,2)19(16)9-11-21(17,18)3;;/h10,12,16-19H,4-7,9,11H2,1-3H3;1H;/q;;+1/p-1/t16-,17+,18-,19-,20-,21+;;/m0../s1. The van der Waals surface area contributed by atoms with Gasteiger partial charge in [0, 0.05) is 0 Å². The third-order valence-electron chi connectivity index (χ3n) is 8.38. The average Bonchev–Trinajstić information content (AvgIpc) is 2.92. The summed E-state index contributed by atoms with van der Waals surface area (Å²) in [5.74, 6) is 2.86. The van der Waals surface area contributed by atoms with Crippen molar-refractivity contribution in [3.8, 4) is 0 Å². The number of carbonyl (C=O) groups excluding carboxylic acids is 2. The monoisotopic (exact) mass is 548 g/mol. The normalized spacial score (nSPS) is 45.5. The van der Waals surface area contributed by atoms with E-state index in [0.29, 0.717) is 23.5 Å². The number of fused-ring (bicyclic) bond motifs is 5. The van der Waals surface area contributed by atoms with Crippen molar-refractivity contribution in [2.75, 3.05) is 0 Å². The van der Waals surface area contributed by atoms with E-state index in [1.165, 1.54) is 24.8 Å². The summed E-state index contributed by atoms with van der Waals surface area (Å²) in [6.45, 7) is 6.55. The Kier molecular flexibility index (Phi) is 4.63. The number of rotatable bonds is 2. The first-order chi connectivity index (χ1) is 11.8. The van der Waals surface area contributed by atoms with Crippen molar-refractivity contribution in [3.63, 3.8) is 0 Å². The molecule has 0 aromatic heterocycles. The summed E-state index contributed by atoms with van der Waals surface area (Å²) in [7, 11) is 6.28. The van der Waals surface area contributed by atoms with Crippen LogP contribution >= 0.6 is 8.25 Å². The predicted octanol–water partition coefficient (Wildman–Crippen LogP) is 5.06. The van der Waals surface area contributed by atoms with Gasteiger partial charge in [0.25, 0.3) is 0 Å². The van der Waals surface area contributed by atoms with Crippen LogP contribution in [-0.2, 0) is 32.9 Å². The van der Waals surface area contributed by atoms with Crippen LogP contribution in [0.15, 0.2) is 20.8 Å². The summed E-state index contributed by atoms with van der Waals surface area (Å²) < 4.78 is 0.995. The third kappa shape index (κ3) is 2.60. The second-order valence-electron chi connectivity index (χ2n) is 9.32. The van der Waals surface area contributed by atoms with Crippen molar-refractivity contribution < 1.29 is 32.9 Å². The van der Waals surface area contributed by atoms with Gasteiger partial charge >= 0.3 is 167 Å². The molecule has 4 rings (SSSR count). The number of hydrogen-bond donors (Lipinski definition) is 0. The van der Waals surface area contributed by atoms with Gasteiger partial charge in [-0.2, -0.15) is 0 Å². The molecule has 3 saturated carbocycles. The molecule has 3 fully saturated rings. The minimum atomic E-state index is -1.71. The molecule has 6 atom stereocenters. The van der Waals surface area contributed by atoms with Gasteiger partial charge < -0.3 is 0 Å². The zero-order chi connectivity index (χ0) is 18.0. The Labute approximate surface area is 166 Å². The number of allylic oxidation sites excluding steroid dienone is 4. The first-order valence-corrected chi connectivity index (χ1v) is 19.4. The van der Waals surface area contributed by atoms with Crippen LogP contribution in [0.25, 0.3) is 0 Å². The van der Waals surface area contributed by atoms with Crippen LogP contribution < -0.4 is 0 Å². The minimum absolute atomic E-state index is 0.0384. The topological polar surface area (TPSA) is 34.1 Å². The predicted molar refractivity (Wildman–Crippen MR) is 95.6 cm³/mol. The van der Waals surface area contributed by atoms with Gasteiger partial charge in [0.05, 0.1) is 0 Å². The Morgan fingerprint density at radius 3 is 2.64 bits per heavy atom. The molecule has 0 saturated heterocycles. The van der Waals surface area contributed by atoms with Crippen molar-refractivity contribution >= 4 is 19.8 Å². The molecule has 0 aromatic rings. The Balaban J connectivity index is 1.70. The molecule has 25 heavy (non-hydrogen) atoms. The van der Waals surface area contributed by atoms with Crippen LogP contribution in [0.1, 0.15) is 59.3 Å². The second-order valence-corrected chi connectivity index (χ2v) is 15.7. The van der Waals surface area contributed by atoms with Crippen LogP contribution in [-0.4, -0.2) is 11.6 Å². The molecule has 0 heterocycles. The van der Waals surface area contributed by atoms with Gasteiger partial charge in [0.15, 0.2) is 0 Å². The average molecular weight is 547 g/mol. The van der Waals surface area contributed by atoms with Crippen molar-refractivity contribution in [2.45, 2.75) is 59.3 Å². The molecular formula is C21H27ClHgO2. The number of halogens is 1. The molecule has 0 bridgehead atoms. The maximum absolute atomic E-state index is 12.3. The van der Waals surface area contributed by atoms with Crippen molar-refractivity contribution in [1.82, 2.24) is 0 Å². The molecule has 0 aromatic carbocycles. The number of hydrogen-bond acceptors (Lipinski definition) is 2. The molecule has 4 heteroatoms. The van der Waals surface area contributed by atoms with E-state index < -0.39 is 23.3 Å². The Morgan fingerprint density at radius 2 is 1.96 bits per heavy atom. The fraction of sp³-hybridized carbons (Fsp3) is 0.714. The zero-order valence-corrected chi connectivity index (χ0v) is 21.9. The van der Waals surface area contributed by atoms with E-state index in [-0.39, 0.29) is 22.5 Å². The number of Topliss-reactive ketones (excluding diaryl/α,β-unsaturated/α-hetero) is 1. The number of ketones is 2. The van der Waals surface area contributed by atoms with E-state index in [0.717, 1.165) is 22.3 Å². The zero-order valence-electron chi connectivity index (χ0n) is 15.6. The SMILES string of the molecule is CC(=O)[C@H]1CC[C@H]2[C@@H]3CCC4=CC(=O)[C]([Hg][Cl])=C[C@]4(C)[C@H]3CC[C@]12C. The molecule has 0 N–H and O–H groups in total. The first-order valence-electron chi connectivity index (χ1n) is 9.85. The fourth-order valence-corrected chi connectivity index (χ4v) is 11.8. The van der Waals surface area contributed by atoms with Crippen LogP contribution in [0.4, 0.5) is 0 Å². The molecule has 4 aliphatic rings. The molecule has 0 unspecified atom stereocenters. The van der Waals surface area contributed by atoms with Gasteiger partial charge in [-0.1, -0.05) is 0 Å². The van der Waals surface area contributed by atoms with Gasteiger partial charge in [-0.05, 0) is 0 Å². The molecule has 0 radical (unpaired) electrons. The first kappa shape index (κ1) is 18.4. The summed E-state index contributed by atoms with van der Waals surface area (Å²) in [5.41, 5.74) is 1.59. The van der Waals surface area contributed by atoms with E-state index >= 15 is 0 Å². The van der Waals surface area contributed by atoms with Crippen molar-refractivity contribution in [1.29, 1.82) is 0 Å². The summed E-state index contributed by atoms with van der Waals surface area (Å²) >= 11 is -1.71. The number of carbonyl (C=O) groups is 2.